The van der Waals surface area contributed by atoms with Gasteiger partial charge in [0.1, 0.15) is 0 Å². The molecule has 0 saturated heterocycles. The number of fused-ring (bicyclic) bond motifs is 4. The zero-order chi connectivity index (χ0) is 28.2. The molecule has 5 aromatic carbocycles. The summed E-state index contributed by atoms with van der Waals surface area (Å²) in [5.41, 5.74) is 7.92. The lowest BCUT2D eigenvalue weighted by Gasteiger charge is -2.13. The lowest BCUT2D eigenvalue weighted by Crippen LogP contribution is -2.24. The minimum absolute atomic E-state index is 0.321. The average molecular weight is 529 g/mol. The fourth-order valence-corrected chi connectivity index (χ4v) is 5.73. The fourth-order valence-electron chi connectivity index (χ4n) is 5.73. The number of rotatable bonds is 3. The first-order valence-corrected chi connectivity index (χ1v) is 13.0. The summed E-state index contributed by atoms with van der Waals surface area (Å²) >= 11 is 0. The lowest BCUT2D eigenvalue weighted by molar-refractivity contribution is 0.0693. The van der Waals surface area contributed by atoms with Crippen molar-refractivity contribution in [3.05, 3.63) is 131 Å². The quantitative estimate of drug-likeness (QED) is 0.174. The summed E-state index contributed by atoms with van der Waals surface area (Å²) in [7, 11) is 1.50. The van der Waals surface area contributed by atoms with Crippen LogP contribution in [-0.4, -0.2) is 28.3 Å². The van der Waals surface area contributed by atoms with Crippen LogP contribution in [-0.2, 0) is 0 Å². The van der Waals surface area contributed by atoms with E-state index in [0.29, 0.717) is 28.1 Å². The summed E-state index contributed by atoms with van der Waals surface area (Å²) in [6, 6.07) is 34.8. The van der Waals surface area contributed by atoms with E-state index < -0.39 is 0 Å². The van der Waals surface area contributed by atoms with Gasteiger partial charge in [-0.3, -0.25) is 14.5 Å². The lowest BCUT2D eigenvalue weighted by atomic mass is 10.0. The minimum atomic E-state index is -0.339. The number of imide groups is 1. The van der Waals surface area contributed by atoms with Gasteiger partial charge in [-0.05, 0) is 64.7 Å². The number of aromatic nitrogens is 1. The number of nitrogens with zero attached hydrogens (tertiary/aromatic N) is 4. The van der Waals surface area contributed by atoms with Gasteiger partial charge in [-0.2, -0.15) is 5.26 Å². The number of benzene rings is 5. The van der Waals surface area contributed by atoms with E-state index in [-0.39, 0.29) is 11.8 Å². The highest BCUT2D eigenvalue weighted by molar-refractivity contribution is 6.23. The maximum Gasteiger partial charge on any atom is 0.263 e. The van der Waals surface area contributed by atoms with Crippen molar-refractivity contribution in [1.29, 1.82) is 5.26 Å². The van der Waals surface area contributed by atoms with Crippen molar-refractivity contribution < 1.29 is 9.59 Å². The molecule has 0 N–H and O–H groups in total. The summed E-state index contributed by atoms with van der Waals surface area (Å²) in [6.45, 7) is 7.43. The second kappa shape index (κ2) is 9.05. The van der Waals surface area contributed by atoms with Gasteiger partial charge in [-0.25, -0.2) is 4.85 Å². The van der Waals surface area contributed by atoms with Crippen molar-refractivity contribution in [3.8, 4) is 34.0 Å². The Bertz CT molecular complexity index is 2080. The number of hydrogen-bond donors (Lipinski definition) is 0. The van der Waals surface area contributed by atoms with Gasteiger partial charge >= 0.3 is 0 Å². The van der Waals surface area contributed by atoms with E-state index >= 15 is 0 Å². The van der Waals surface area contributed by atoms with Crippen molar-refractivity contribution >= 4 is 39.3 Å². The normalized spacial score (nSPS) is 12.5. The molecular weight excluding hydrogens is 508 g/mol. The predicted octanol–water partition coefficient (Wildman–Crippen LogP) is 7.77. The van der Waals surface area contributed by atoms with Crippen LogP contribution in [0.25, 0.3) is 54.6 Å². The van der Waals surface area contributed by atoms with E-state index in [1.54, 1.807) is 24.3 Å². The van der Waals surface area contributed by atoms with Crippen molar-refractivity contribution in [2.75, 3.05) is 7.05 Å². The van der Waals surface area contributed by atoms with Crippen LogP contribution in [0.5, 0.6) is 0 Å². The topological polar surface area (TPSA) is 70.5 Å². The Balaban J connectivity index is 1.57. The molecule has 0 saturated carbocycles. The highest BCUT2D eigenvalue weighted by Crippen LogP contribution is 2.39. The van der Waals surface area contributed by atoms with E-state index in [1.807, 2.05) is 59.2 Å². The largest absolute Gasteiger partial charge is 0.308 e. The number of carbonyl (C=O) groups excluding carboxylic acids is 2. The third-order valence-electron chi connectivity index (χ3n) is 7.74. The first-order chi connectivity index (χ1) is 20.0. The van der Waals surface area contributed by atoms with Crippen LogP contribution in [0.3, 0.4) is 0 Å². The predicted molar refractivity (Wildman–Crippen MR) is 159 cm³/mol. The smallest absolute Gasteiger partial charge is 0.263 e. The first kappa shape index (κ1) is 24.1. The molecular formula is C35H20N4O2. The SMILES string of the molecule is [C-]#[N+]c1cccc(-c2ccc3c4ccc(-c5cccc(C#N)c5)cc4n(-c4cccc5c4C(=O)N(C)C5=O)c3c2)c1. The van der Waals surface area contributed by atoms with E-state index in [9.17, 15) is 14.9 Å². The van der Waals surface area contributed by atoms with Gasteiger partial charge in [0.2, 0.25) is 0 Å². The van der Waals surface area contributed by atoms with Gasteiger partial charge in [0.25, 0.3) is 11.8 Å². The molecule has 0 fully saturated rings. The van der Waals surface area contributed by atoms with Crippen LogP contribution < -0.4 is 0 Å². The summed E-state index contributed by atoms with van der Waals surface area (Å²) < 4.78 is 2.05. The van der Waals surface area contributed by atoms with Crippen LogP contribution in [0.2, 0.25) is 0 Å². The number of carbonyl (C=O) groups is 2. The van der Waals surface area contributed by atoms with Gasteiger partial charge in [0.15, 0.2) is 5.69 Å². The molecule has 192 valence electrons. The highest BCUT2D eigenvalue weighted by Gasteiger charge is 2.35. The highest BCUT2D eigenvalue weighted by atomic mass is 16.2. The third-order valence-corrected chi connectivity index (χ3v) is 7.74. The molecule has 2 amide bonds. The molecule has 7 rings (SSSR count). The van der Waals surface area contributed by atoms with Crippen molar-refractivity contribution in [1.82, 2.24) is 9.47 Å². The number of amides is 2. The second-order valence-corrected chi connectivity index (χ2v) is 10.0. The summed E-state index contributed by atoms with van der Waals surface area (Å²) in [5.74, 6) is -0.660. The molecule has 1 aromatic heterocycles. The van der Waals surface area contributed by atoms with E-state index in [4.69, 9.17) is 6.57 Å². The zero-order valence-electron chi connectivity index (χ0n) is 21.9. The van der Waals surface area contributed by atoms with Crippen LogP contribution in [0.1, 0.15) is 26.3 Å². The van der Waals surface area contributed by atoms with Gasteiger partial charge in [0.05, 0.1) is 46.1 Å². The van der Waals surface area contributed by atoms with E-state index in [1.165, 1.54) is 7.05 Å². The molecule has 1 aliphatic rings. The Labute approximate surface area is 235 Å². The zero-order valence-corrected chi connectivity index (χ0v) is 21.9. The molecule has 6 heteroatoms. The number of hydrogen-bond acceptors (Lipinski definition) is 3. The Kier molecular flexibility index (Phi) is 5.32. The van der Waals surface area contributed by atoms with Crippen molar-refractivity contribution in [3.63, 3.8) is 0 Å². The maximum absolute atomic E-state index is 13.3. The van der Waals surface area contributed by atoms with Gasteiger partial charge in [-0.15, -0.1) is 0 Å². The van der Waals surface area contributed by atoms with Crippen LogP contribution in [0.4, 0.5) is 5.69 Å². The fraction of sp³-hybridized carbons (Fsp3) is 0.0286. The summed E-state index contributed by atoms with van der Waals surface area (Å²) in [4.78, 5) is 31.0. The first-order valence-electron chi connectivity index (χ1n) is 13.0. The van der Waals surface area contributed by atoms with Crippen LogP contribution >= 0.6 is 0 Å². The molecule has 6 nitrogen and oxygen atoms in total. The monoisotopic (exact) mass is 528 g/mol. The van der Waals surface area contributed by atoms with Gasteiger partial charge in [-0.1, -0.05) is 60.7 Å². The standard InChI is InChI=1S/C35H20N4O2/c1-37-26-9-4-8-23(17-26)25-13-15-28-27-14-12-24(22-7-3-6-21(16-22)20-36)18-31(27)39(32(28)19-25)30-11-5-10-29-33(30)35(41)38(2)34(29)40/h3-19H,2H3. The van der Waals surface area contributed by atoms with Crippen LogP contribution in [0.15, 0.2) is 103 Å². The molecule has 6 aromatic rings. The molecule has 41 heavy (non-hydrogen) atoms. The Morgan fingerprint density at radius 1 is 0.707 bits per heavy atom. The molecule has 0 atom stereocenters. The molecule has 1 aliphatic heterocycles. The van der Waals surface area contributed by atoms with Crippen molar-refractivity contribution in [2.45, 2.75) is 0 Å². The average Bonchev–Trinajstić information content (AvgIpc) is 3.47. The molecule has 0 radical (unpaired) electrons. The van der Waals surface area contributed by atoms with E-state index in [2.05, 4.69) is 35.2 Å². The number of nitriles is 1. The van der Waals surface area contributed by atoms with Gasteiger partial charge in [0, 0.05) is 17.8 Å². The molecule has 0 bridgehead atoms. The maximum atomic E-state index is 13.3. The van der Waals surface area contributed by atoms with E-state index in [0.717, 1.165) is 49.0 Å². The Morgan fingerprint density at radius 3 is 1.98 bits per heavy atom. The Hall–Kier alpha value is -5.98. The minimum Gasteiger partial charge on any atom is -0.308 e. The van der Waals surface area contributed by atoms with Gasteiger partial charge < -0.3 is 4.57 Å². The molecule has 0 aliphatic carbocycles. The molecule has 0 spiro atoms. The van der Waals surface area contributed by atoms with Crippen molar-refractivity contribution in [2.24, 2.45) is 0 Å². The summed E-state index contributed by atoms with van der Waals surface area (Å²) in [5, 5.41) is 11.4. The third kappa shape index (κ3) is 3.63. The van der Waals surface area contributed by atoms with Crippen LogP contribution in [0, 0.1) is 17.9 Å². The molecule has 0 unspecified atom stereocenters. The molecule has 2 heterocycles. The Morgan fingerprint density at radius 2 is 1.32 bits per heavy atom. The second-order valence-electron chi connectivity index (χ2n) is 10.0. The summed E-state index contributed by atoms with van der Waals surface area (Å²) in [6.07, 6.45) is 0.